The van der Waals surface area contributed by atoms with Crippen molar-refractivity contribution in [3.8, 4) is 0 Å². The summed E-state index contributed by atoms with van der Waals surface area (Å²) in [4.78, 5) is 0. The number of nitrogens with one attached hydrogen (secondary N) is 1. The molecule has 1 fully saturated rings. The zero-order valence-corrected chi connectivity index (χ0v) is 9.88. The summed E-state index contributed by atoms with van der Waals surface area (Å²) >= 11 is 0. The molecule has 2 nitrogen and oxygen atoms in total. The molecule has 0 bridgehead atoms. The Hall–Kier alpha value is -0.0800. The lowest BCUT2D eigenvalue weighted by Gasteiger charge is -2.19. The highest BCUT2D eigenvalue weighted by molar-refractivity contribution is 4.75. The fourth-order valence-corrected chi connectivity index (χ4v) is 1.95. The number of hydrogen-bond donors (Lipinski definition) is 1. The SMILES string of the molecule is CC(C)CCCNC(C)C1CCOC1. The van der Waals surface area contributed by atoms with Crippen LogP contribution in [0.25, 0.3) is 0 Å². The molecular weight excluding hydrogens is 174 g/mol. The van der Waals surface area contributed by atoms with Crippen molar-refractivity contribution in [3.63, 3.8) is 0 Å². The van der Waals surface area contributed by atoms with Crippen molar-refractivity contribution in [1.29, 1.82) is 0 Å². The summed E-state index contributed by atoms with van der Waals surface area (Å²) in [5.41, 5.74) is 0. The molecule has 2 unspecified atom stereocenters. The van der Waals surface area contributed by atoms with Gasteiger partial charge in [0.15, 0.2) is 0 Å². The summed E-state index contributed by atoms with van der Waals surface area (Å²) in [6, 6.07) is 0.629. The quantitative estimate of drug-likeness (QED) is 0.663. The maximum absolute atomic E-state index is 5.38. The summed E-state index contributed by atoms with van der Waals surface area (Å²) in [5.74, 6) is 1.58. The van der Waals surface area contributed by atoms with E-state index < -0.39 is 0 Å². The summed E-state index contributed by atoms with van der Waals surface area (Å²) in [6.07, 6.45) is 3.87. The fraction of sp³-hybridized carbons (Fsp3) is 1.00. The Labute approximate surface area is 88.4 Å². The van der Waals surface area contributed by atoms with Crippen LogP contribution in [0.1, 0.15) is 40.0 Å². The van der Waals surface area contributed by atoms with E-state index in [2.05, 4.69) is 26.1 Å². The molecule has 1 heterocycles. The van der Waals surface area contributed by atoms with Crippen LogP contribution < -0.4 is 5.32 Å². The zero-order chi connectivity index (χ0) is 10.4. The van der Waals surface area contributed by atoms with Gasteiger partial charge in [-0.15, -0.1) is 0 Å². The molecular formula is C12H25NO. The van der Waals surface area contributed by atoms with Crippen molar-refractivity contribution >= 4 is 0 Å². The van der Waals surface area contributed by atoms with Gasteiger partial charge in [-0.25, -0.2) is 0 Å². The van der Waals surface area contributed by atoms with Crippen molar-refractivity contribution in [3.05, 3.63) is 0 Å². The first-order valence-corrected chi connectivity index (χ1v) is 6.01. The number of ether oxygens (including phenoxy) is 1. The van der Waals surface area contributed by atoms with Gasteiger partial charge in [0.1, 0.15) is 0 Å². The minimum atomic E-state index is 0.629. The maximum atomic E-state index is 5.38. The molecule has 14 heavy (non-hydrogen) atoms. The van der Waals surface area contributed by atoms with Crippen molar-refractivity contribution in [1.82, 2.24) is 5.32 Å². The first-order chi connectivity index (χ1) is 6.70. The fourth-order valence-electron chi connectivity index (χ4n) is 1.95. The van der Waals surface area contributed by atoms with E-state index in [1.165, 1.54) is 19.3 Å². The van der Waals surface area contributed by atoms with Crippen LogP contribution in [0, 0.1) is 11.8 Å². The van der Waals surface area contributed by atoms with Crippen molar-refractivity contribution in [2.24, 2.45) is 11.8 Å². The van der Waals surface area contributed by atoms with Gasteiger partial charge in [-0.05, 0) is 44.6 Å². The van der Waals surface area contributed by atoms with Crippen molar-refractivity contribution in [2.45, 2.75) is 46.1 Å². The second-order valence-corrected chi connectivity index (χ2v) is 4.90. The number of rotatable bonds is 6. The Bertz CT molecular complexity index is 141. The first-order valence-electron chi connectivity index (χ1n) is 6.01. The molecule has 1 saturated heterocycles. The maximum Gasteiger partial charge on any atom is 0.0509 e. The zero-order valence-electron chi connectivity index (χ0n) is 9.88. The molecule has 0 amide bonds. The third kappa shape index (κ3) is 4.43. The lowest BCUT2D eigenvalue weighted by Crippen LogP contribution is -2.34. The Morgan fingerprint density at radius 3 is 2.71 bits per heavy atom. The Morgan fingerprint density at radius 1 is 1.36 bits per heavy atom. The van der Waals surface area contributed by atoms with E-state index in [1.807, 2.05) is 0 Å². The second kappa shape index (κ2) is 6.41. The van der Waals surface area contributed by atoms with Gasteiger partial charge in [-0.2, -0.15) is 0 Å². The molecule has 2 heteroatoms. The normalized spacial score (nSPS) is 24.4. The van der Waals surface area contributed by atoms with Crippen LogP contribution in [0.5, 0.6) is 0 Å². The molecule has 1 N–H and O–H groups in total. The first kappa shape index (κ1) is 12.0. The second-order valence-electron chi connectivity index (χ2n) is 4.90. The highest BCUT2D eigenvalue weighted by Crippen LogP contribution is 2.16. The molecule has 0 aromatic heterocycles. The molecule has 0 saturated carbocycles. The Morgan fingerprint density at radius 2 is 2.14 bits per heavy atom. The highest BCUT2D eigenvalue weighted by Gasteiger charge is 2.21. The topological polar surface area (TPSA) is 21.3 Å². The monoisotopic (exact) mass is 199 g/mol. The van der Waals surface area contributed by atoms with Gasteiger partial charge >= 0.3 is 0 Å². The smallest absolute Gasteiger partial charge is 0.0509 e. The summed E-state index contributed by atoms with van der Waals surface area (Å²) in [6.45, 7) is 9.94. The van der Waals surface area contributed by atoms with Crippen LogP contribution in [0.3, 0.4) is 0 Å². The highest BCUT2D eigenvalue weighted by atomic mass is 16.5. The van der Waals surface area contributed by atoms with Crippen LogP contribution in [0.2, 0.25) is 0 Å². The molecule has 0 aromatic rings. The molecule has 1 rings (SSSR count). The molecule has 0 aliphatic carbocycles. The Balaban J connectivity index is 1.99. The van der Waals surface area contributed by atoms with Gasteiger partial charge < -0.3 is 10.1 Å². The molecule has 2 atom stereocenters. The van der Waals surface area contributed by atoms with E-state index in [1.54, 1.807) is 0 Å². The van der Waals surface area contributed by atoms with Crippen LogP contribution in [-0.4, -0.2) is 25.8 Å². The van der Waals surface area contributed by atoms with E-state index in [4.69, 9.17) is 4.74 Å². The van der Waals surface area contributed by atoms with Gasteiger partial charge in [-0.1, -0.05) is 13.8 Å². The Kier molecular flexibility index (Phi) is 5.49. The largest absolute Gasteiger partial charge is 0.381 e. The van der Waals surface area contributed by atoms with Gasteiger partial charge in [0.25, 0.3) is 0 Å². The lowest BCUT2D eigenvalue weighted by molar-refractivity contribution is 0.178. The van der Waals surface area contributed by atoms with Crippen LogP contribution in [0.4, 0.5) is 0 Å². The lowest BCUT2D eigenvalue weighted by atomic mass is 10.0. The van der Waals surface area contributed by atoms with Gasteiger partial charge in [0.2, 0.25) is 0 Å². The van der Waals surface area contributed by atoms with Crippen LogP contribution in [0.15, 0.2) is 0 Å². The van der Waals surface area contributed by atoms with Crippen LogP contribution in [-0.2, 0) is 4.74 Å². The molecule has 0 aromatic carbocycles. The van der Waals surface area contributed by atoms with Crippen molar-refractivity contribution < 1.29 is 4.74 Å². The van der Waals surface area contributed by atoms with Crippen molar-refractivity contribution in [2.75, 3.05) is 19.8 Å². The van der Waals surface area contributed by atoms with Gasteiger partial charge in [0, 0.05) is 12.6 Å². The standard InChI is InChI=1S/C12H25NO/c1-10(2)5-4-7-13-11(3)12-6-8-14-9-12/h10-13H,4-9H2,1-3H3. The summed E-state index contributed by atoms with van der Waals surface area (Å²) < 4.78 is 5.38. The van der Waals surface area contributed by atoms with E-state index in [0.717, 1.165) is 31.6 Å². The molecule has 0 radical (unpaired) electrons. The minimum absolute atomic E-state index is 0.629. The van der Waals surface area contributed by atoms with E-state index >= 15 is 0 Å². The van der Waals surface area contributed by atoms with Gasteiger partial charge in [-0.3, -0.25) is 0 Å². The third-order valence-corrected chi connectivity index (χ3v) is 3.10. The van der Waals surface area contributed by atoms with E-state index in [0.29, 0.717) is 6.04 Å². The molecule has 0 spiro atoms. The summed E-state index contributed by atoms with van der Waals surface area (Å²) in [7, 11) is 0. The third-order valence-electron chi connectivity index (χ3n) is 3.10. The van der Waals surface area contributed by atoms with E-state index in [9.17, 15) is 0 Å². The molecule has 84 valence electrons. The number of hydrogen-bond acceptors (Lipinski definition) is 2. The average Bonchev–Trinajstić information content (AvgIpc) is 2.64. The molecule has 1 aliphatic rings. The molecule has 1 aliphatic heterocycles. The van der Waals surface area contributed by atoms with Crippen LogP contribution >= 0.6 is 0 Å². The minimum Gasteiger partial charge on any atom is -0.381 e. The van der Waals surface area contributed by atoms with E-state index in [-0.39, 0.29) is 0 Å². The average molecular weight is 199 g/mol. The van der Waals surface area contributed by atoms with Gasteiger partial charge in [0.05, 0.1) is 6.61 Å². The summed E-state index contributed by atoms with van der Waals surface area (Å²) in [5, 5.41) is 3.60. The predicted octanol–water partition coefficient (Wildman–Crippen LogP) is 2.44. The predicted molar refractivity (Wildman–Crippen MR) is 60.5 cm³/mol.